The number of hydrogen-bond acceptors (Lipinski definition) is 4. The SMILES string of the molecule is CN1CCC(C)(CNc2cccnc2N)CC1. The molecule has 4 nitrogen and oxygen atoms in total. The minimum absolute atomic E-state index is 0.370. The highest BCUT2D eigenvalue weighted by Crippen LogP contribution is 2.31. The summed E-state index contributed by atoms with van der Waals surface area (Å²) in [5.74, 6) is 0.587. The second-order valence-electron chi connectivity index (χ2n) is 5.40. The third-order valence-electron chi connectivity index (χ3n) is 3.74. The van der Waals surface area contributed by atoms with Gasteiger partial charge in [0.25, 0.3) is 0 Å². The summed E-state index contributed by atoms with van der Waals surface area (Å²) in [6, 6.07) is 3.90. The number of hydrogen-bond donors (Lipinski definition) is 2. The van der Waals surface area contributed by atoms with Crippen molar-refractivity contribution >= 4 is 11.5 Å². The fraction of sp³-hybridized carbons (Fsp3) is 0.615. The number of anilines is 2. The summed E-state index contributed by atoms with van der Waals surface area (Å²) in [5.41, 5.74) is 7.14. The molecule has 1 saturated heterocycles. The average molecular weight is 234 g/mol. The van der Waals surface area contributed by atoms with Gasteiger partial charge in [-0.2, -0.15) is 0 Å². The summed E-state index contributed by atoms with van der Waals surface area (Å²) < 4.78 is 0. The van der Waals surface area contributed by atoms with Gasteiger partial charge in [-0.25, -0.2) is 4.98 Å². The molecular weight excluding hydrogens is 212 g/mol. The van der Waals surface area contributed by atoms with E-state index in [2.05, 4.69) is 29.2 Å². The summed E-state index contributed by atoms with van der Waals surface area (Å²) in [6.07, 6.45) is 4.19. The number of nitrogens with two attached hydrogens (primary N) is 1. The molecule has 1 aromatic heterocycles. The van der Waals surface area contributed by atoms with Crippen molar-refractivity contribution < 1.29 is 0 Å². The van der Waals surface area contributed by atoms with Gasteiger partial charge in [0.15, 0.2) is 0 Å². The van der Waals surface area contributed by atoms with E-state index in [9.17, 15) is 0 Å². The molecule has 0 spiro atoms. The van der Waals surface area contributed by atoms with Gasteiger partial charge >= 0.3 is 0 Å². The lowest BCUT2D eigenvalue weighted by molar-refractivity contribution is 0.150. The molecule has 0 aliphatic carbocycles. The first-order valence-corrected chi connectivity index (χ1v) is 6.22. The predicted molar refractivity (Wildman–Crippen MR) is 72.0 cm³/mol. The molecule has 0 saturated carbocycles. The third-order valence-corrected chi connectivity index (χ3v) is 3.74. The van der Waals surface area contributed by atoms with Crippen molar-refractivity contribution in [2.75, 3.05) is 37.7 Å². The molecule has 0 atom stereocenters. The molecule has 3 N–H and O–H groups in total. The van der Waals surface area contributed by atoms with E-state index in [-0.39, 0.29) is 0 Å². The quantitative estimate of drug-likeness (QED) is 0.837. The van der Waals surface area contributed by atoms with E-state index in [0.29, 0.717) is 11.2 Å². The first kappa shape index (κ1) is 12.2. The van der Waals surface area contributed by atoms with Crippen LogP contribution in [0.2, 0.25) is 0 Å². The predicted octanol–water partition coefficient (Wildman–Crippen LogP) is 1.81. The van der Waals surface area contributed by atoms with Gasteiger partial charge in [0.1, 0.15) is 5.82 Å². The van der Waals surface area contributed by atoms with Gasteiger partial charge in [-0.1, -0.05) is 6.92 Å². The van der Waals surface area contributed by atoms with Gasteiger partial charge in [0, 0.05) is 12.7 Å². The standard InChI is InChI=1S/C13H22N4/c1-13(5-8-17(2)9-6-13)10-16-11-4-3-7-15-12(11)14/h3-4,7,16H,5-6,8-10H2,1-2H3,(H2,14,15). The van der Waals surface area contributed by atoms with Crippen LogP contribution in [0.5, 0.6) is 0 Å². The topological polar surface area (TPSA) is 54.2 Å². The van der Waals surface area contributed by atoms with Gasteiger partial charge in [0.05, 0.1) is 5.69 Å². The first-order valence-electron chi connectivity index (χ1n) is 6.22. The minimum atomic E-state index is 0.370. The second-order valence-corrected chi connectivity index (χ2v) is 5.40. The summed E-state index contributed by atoms with van der Waals surface area (Å²) in [4.78, 5) is 6.47. The van der Waals surface area contributed by atoms with Crippen LogP contribution in [-0.4, -0.2) is 36.6 Å². The molecule has 4 heteroatoms. The summed E-state index contributed by atoms with van der Waals surface area (Å²) >= 11 is 0. The van der Waals surface area contributed by atoms with Gasteiger partial charge in [-0.05, 0) is 50.5 Å². The van der Waals surface area contributed by atoms with Crippen LogP contribution in [0, 0.1) is 5.41 Å². The van der Waals surface area contributed by atoms with E-state index in [0.717, 1.165) is 12.2 Å². The molecule has 1 aromatic rings. The smallest absolute Gasteiger partial charge is 0.146 e. The zero-order chi connectivity index (χ0) is 12.3. The number of nitrogens with one attached hydrogen (secondary N) is 1. The molecule has 0 amide bonds. The number of rotatable bonds is 3. The highest BCUT2D eigenvalue weighted by Gasteiger charge is 2.28. The van der Waals surface area contributed by atoms with E-state index in [1.165, 1.54) is 25.9 Å². The number of nitrogen functional groups attached to an aromatic ring is 1. The molecule has 0 unspecified atom stereocenters. The Balaban J connectivity index is 1.92. The molecule has 94 valence electrons. The Bertz CT molecular complexity index is 369. The Hall–Kier alpha value is -1.29. The fourth-order valence-corrected chi connectivity index (χ4v) is 2.21. The number of nitrogens with zero attached hydrogens (tertiary/aromatic N) is 2. The molecule has 2 heterocycles. The maximum Gasteiger partial charge on any atom is 0.146 e. The van der Waals surface area contributed by atoms with Gasteiger partial charge < -0.3 is 16.0 Å². The minimum Gasteiger partial charge on any atom is -0.382 e. The third kappa shape index (κ3) is 3.09. The highest BCUT2D eigenvalue weighted by molar-refractivity contribution is 5.60. The van der Waals surface area contributed by atoms with Crippen molar-refractivity contribution in [3.05, 3.63) is 18.3 Å². The number of pyridine rings is 1. The maximum absolute atomic E-state index is 5.82. The Morgan fingerprint density at radius 3 is 2.82 bits per heavy atom. The van der Waals surface area contributed by atoms with Crippen molar-refractivity contribution in [1.82, 2.24) is 9.88 Å². The van der Waals surface area contributed by atoms with Crippen LogP contribution in [0.1, 0.15) is 19.8 Å². The molecule has 0 bridgehead atoms. The van der Waals surface area contributed by atoms with E-state index < -0.39 is 0 Å². The number of aromatic nitrogens is 1. The maximum atomic E-state index is 5.82. The van der Waals surface area contributed by atoms with E-state index in [1.807, 2.05) is 12.1 Å². The van der Waals surface area contributed by atoms with E-state index >= 15 is 0 Å². The van der Waals surface area contributed by atoms with Crippen LogP contribution < -0.4 is 11.1 Å². The Kier molecular flexibility index (Phi) is 3.52. The summed E-state index contributed by atoms with van der Waals surface area (Å²) in [5, 5.41) is 3.43. The molecule has 17 heavy (non-hydrogen) atoms. The zero-order valence-electron chi connectivity index (χ0n) is 10.7. The molecule has 0 aromatic carbocycles. The first-order chi connectivity index (χ1) is 8.09. The van der Waals surface area contributed by atoms with Gasteiger partial charge in [-0.3, -0.25) is 0 Å². The van der Waals surface area contributed by atoms with Crippen molar-refractivity contribution in [3.8, 4) is 0 Å². The van der Waals surface area contributed by atoms with Gasteiger partial charge in [-0.15, -0.1) is 0 Å². The second kappa shape index (κ2) is 4.92. The molecule has 0 radical (unpaired) electrons. The molecule has 2 rings (SSSR count). The van der Waals surface area contributed by atoms with Crippen LogP contribution in [0.15, 0.2) is 18.3 Å². The van der Waals surface area contributed by atoms with Crippen LogP contribution in [-0.2, 0) is 0 Å². The highest BCUT2D eigenvalue weighted by atomic mass is 15.1. The summed E-state index contributed by atoms with van der Waals surface area (Å²) in [6.45, 7) is 5.68. The Labute approximate surface area is 103 Å². The number of piperidine rings is 1. The lowest BCUT2D eigenvalue weighted by Gasteiger charge is -2.38. The van der Waals surface area contributed by atoms with Crippen molar-refractivity contribution in [3.63, 3.8) is 0 Å². The van der Waals surface area contributed by atoms with Crippen molar-refractivity contribution in [1.29, 1.82) is 0 Å². The monoisotopic (exact) mass is 234 g/mol. The molecule has 1 fully saturated rings. The molecule has 1 aliphatic rings. The Morgan fingerprint density at radius 2 is 2.18 bits per heavy atom. The van der Waals surface area contributed by atoms with Crippen LogP contribution in [0.4, 0.5) is 11.5 Å². The van der Waals surface area contributed by atoms with Crippen molar-refractivity contribution in [2.24, 2.45) is 5.41 Å². The lowest BCUT2D eigenvalue weighted by atomic mass is 9.80. The molecule has 1 aliphatic heterocycles. The van der Waals surface area contributed by atoms with Gasteiger partial charge in [0.2, 0.25) is 0 Å². The van der Waals surface area contributed by atoms with Crippen LogP contribution >= 0.6 is 0 Å². The van der Waals surface area contributed by atoms with Crippen molar-refractivity contribution in [2.45, 2.75) is 19.8 Å². The Morgan fingerprint density at radius 1 is 1.47 bits per heavy atom. The van der Waals surface area contributed by atoms with Crippen LogP contribution in [0.25, 0.3) is 0 Å². The average Bonchev–Trinajstić information content (AvgIpc) is 2.33. The van der Waals surface area contributed by atoms with E-state index in [4.69, 9.17) is 5.73 Å². The van der Waals surface area contributed by atoms with Crippen LogP contribution in [0.3, 0.4) is 0 Å². The molecular formula is C13H22N4. The largest absolute Gasteiger partial charge is 0.382 e. The lowest BCUT2D eigenvalue weighted by Crippen LogP contribution is -2.40. The van der Waals surface area contributed by atoms with E-state index in [1.54, 1.807) is 6.20 Å². The fourth-order valence-electron chi connectivity index (χ4n) is 2.21. The number of likely N-dealkylation sites (tertiary alicyclic amines) is 1. The summed E-state index contributed by atoms with van der Waals surface area (Å²) in [7, 11) is 2.19. The zero-order valence-corrected chi connectivity index (χ0v) is 10.7. The normalized spacial score (nSPS) is 20.1.